The Kier molecular flexibility index (Phi) is 3.23. The number of aryl methyl sites for hydroxylation is 2. The van der Waals surface area contributed by atoms with Gasteiger partial charge in [0.25, 0.3) is 0 Å². The molecule has 0 bridgehead atoms. The molecule has 23 heavy (non-hydrogen) atoms. The molecular formula is C22H20O. The number of rotatable bonds is 2. The molecule has 0 amide bonds. The highest BCUT2D eigenvalue weighted by Crippen LogP contribution is 2.40. The summed E-state index contributed by atoms with van der Waals surface area (Å²) in [7, 11) is 0. The SMILES string of the molecule is Cc1ccc(C2=Cc3c(cc(C)c(C)c3-c3ccccc3)C2)o1. The number of hydrogen-bond acceptors (Lipinski definition) is 1. The predicted molar refractivity (Wildman–Crippen MR) is 96.4 cm³/mol. The smallest absolute Gasteiger partial charge is 0.130 e. The summed E-state index contributed by atoms with van der Waals surface area (Å²) >= 11 is 0. The molecule has 2 aromatic carbocycles. The average molecular weight is 300 g/mol. The first-order chi connectivity index (χ1) is 11.1. The lowest BCUT2D eigenvalue weighted by atomic mass is 9.90. The fraction of sp³-hybridized carbons (Fsp3) is 0.182. The Morgan fingerprint density at radius 1 is 0.913 bits per heavy atom. The van der Waals surface area contributed by atoms with Gasteiger partial charge in [-0.05, 0) is 77.9 Å². The minimum atomic E-state index is 0.948. The molecule has 1 nitrogen and oxygen atoms in total. The van der Waals surface area contributed by atoms with E-state index in [9.17, 15) is 0 Å². The van der Waals surface area contributed by atoms with Crippen LogP contribution < -0.4 is 0 Å². The first-order valence-electron chi connectivity index (χ1n) is 8.09. The second-order valence-corrected chi connectivity index (χ2v) is 6.39. The van der Waals surface area contributed by atoms with Gasteiger partial charge in [0, 0.05) is 6.42 Å². The van der Waals surface area contributed by atoms with E-state index in [4.69, 9.17) is 4.42 Å². The number of benzene rings is 2. The number of allylic oxidation sites excluding steroid dienone is 1. The predicted octanol–water partition coefficient (Wildman–Crippen LogP) is 5.97. The molecule has 114 valence electrons. The summed E-state index contributed by atoms with van der Waals surface area (Å²) in [4.78, 5) is 0. The molecule has 0 atom stereocenters. The summed E-state index contributed by atoms with van der Waals surface area (Å²) < 4.78 is 5.84. The fourth-order valence-corrected chi connectivity index (χ4v) is 3.49. The van der Waals surface area contributed by atoms with Gasteiger partial charge in [-0.2, -0.15) is 0 Å². The Morgan fingerprint density at radius 3 is 2.39 bits per heavy atom. The van der Waals surface area contributed by atoms with Crippen molar-refractivity contribution in [2.24, 2.45) is 0 Å². The molecule has 3 aromatic rings. The van der Waals surface area contributed by atoms with Gasteiger partial charge in [0.1, 0.15) is 11.5 Å². The van der Waals surface area contributed by atoms with Crippen LogP contribution in [0.4, 0.5) is 0 Å². The second-order valence-electron chi connectivity index (χ2n) is 6.39. The van der Waals surface area contributed by atoms with Crippen molar-refractivity contribution >= 4 is 11.6 Å². The Balaban J connectivity index is 1.91. The van der Waals surface area contributed by atoms with Gasteiger partial charge in [-0.3, -0.25) is 0 Å². The topological polar surface area (TPSA) is 13.1 Å². The van der Waals surface area contributed by atoms with Crippen molar-refractivity contribution in [1.82, 2.24) is 0 Å². The monoisotopic (exact) mass is 300 g/mol. The molecule has 0 fully saturated rings. The van der Waals surface area contributed by atoms with Gasteiger partial charge in [-0.25, -0.2) is 0 Å². The Labute approximate surface area is 137 Å². The molecular weight excluding hydrogens is 280 g/mol. The van der Waals surface area contributed by atoms with Crippen LogP contribution in [0.5, 0.6) is 0 Å². The van der Waals surface area contributed by atoms with Gasteiger partial charge in [-0.1, -0.05) is 36.4 Å². The molecule has 4 rings (SSSR count). The van der Waals surface area contributed by atoms with Crippen LogP contribution in [-0.2, 0) is 6.42 Å². The van der Waals surface area contributed by atoms with Gasteiger partial charge in [0.2, 0.25) is 0 Å². The van der Waals surface area contributed by atoms with Crippen molar-refractivity contribution in [1.29, 1.82) is 0 Å². The van der Waals surface area contributed by atoms with Crippen LogP contribution in [0.15, 0.2) is 52.9 Å². The molecule has 0 N–H and O–H groups in total. The molecule has 1 heteroatoms. The van der Waals surface area contributed by atoms with Crippen LogP contribution in [0.1, 0.15) is 33.8 Å². The van der Waals surface area contributed by atoms with Crippen molar-refractivity contribution in [3.8, 4) is 11.1 Å². The van der Waals surface area contributed by atoms with Crippen molar-refractivity contribution in [2.75, 3.05) is 0 Å². The average Bonchev–Trinajstić information content (AvgIpc) is 3.15. The van der Waals surface area contributed by atoms with Crippen molar-refractivity contribution in [3.63, 3.8) is 0 Å². The summed E-state index contributed by atoms with van der Waals surface area (Å²) in [5, 5.41) is 0. The molecule has 0 radical (unpaired) electrons. The Bertz CT molecular complexity index is 911. The minimum absolute atomic E-state index is 0.948. The Hall–Kier alpha value is -2.54. The first-order valence-corrected chi connectivity index (χ1v) is 8.09. The van der Waals surface area contributed by atoms with Gasteiger partial charge in [0.05, 0.1) is 0 Å². The zero-order valence-electron chi connectivity index (χ0n) is 13.8. The third-order valence-electron chi connectivity index (χ3n) is 4.79. The lowest BCUT2D eigenvalue weighted by Crippen LogP contribution is -1.95. The van der Waals surface area contributed by atoms with E-state index in [2.05, 4.69) is 62.4 Å². The van der Waals surface area contributed by atoms with Gasteiger partial charge in [0.15, 0.2) is 0 Å². The van der Waals surface area contributed by atoms with E-state index in [-0.39, 0.29) is 0 Å². The van der Waals surface area contributed by atoms with Gasteiger partial charge < -0.3 is 4.42 Å². The van der Waals surface area contributed by atoms with Crippen LogP contribution in [0.25, 0.3) is 22.8 Å². The number of fused-ring (bicyclic) bond motifs is 1. The summed E-state index contributed by atoms with van der Waals surface area (Å²) in [6, 6.07) is 17.1. The highest BCUT2D eigenvalue weighted by molar-refractivity contribution is 5.94. The number of hydrogen-bond donors (Lipinski definition) is 0. The lowest BCUT2D eigenvalue weighted by molar-refractivity contribution is 0.521. The van der Waals surface area contributed by atoms with Crippen LogP contribution >= 0.6 is 0 Å². The first kappa shape index (κ1) is 14.1. The molecule has 1 aliphatic rings. The normalized spacial score (nSPS) is 13.1. The molecule has 1 aliphatic carbocycles. The van der Waals surface area contributed by atoms with Crippen LogP contribution in [-0.4, -0.2) is 0 Å². The van der Waals surface area contributed by atoms with Crippen molar-refractivity contribution in [2.45, 2.75) is 27.2 Å². The second kappa shape index (κ2) is 5.27. The summed E-state index contributed by atoms with van der Waals surface area (Å²) in [5.41, 5.74) is 9.39. The number of furan rings is 1. The minimum Gasteiger partial charge on any atom is -0.462 e. The Morgan fingerprint density at radius 2 is 1.70 bits per heavy atom. The van der Waals surface area contributed by atoms with Crippen molar-refractivity contribution in [3.05, 3.63) is 82.3 Å². The maximum Gasteiger partial charge on any atom is 0.130 e. The molecule has 1 heterocycles. The zero-order valence-corrected chi connectivity index (χ0v) is 13.8. The van der Waals surface area contributed by atoms with Crippen LogP contribution in [0.2, 0.25) is 0 Å². The van der Waals surface area contributed by atoms with E-state index in [1.54, 1.807) is 0 Å². The highest BCUT2D eigenvalue weighted by Gasteiger charge is 2.22. The lowest BCUT2D eigenvalue weighted by Gasteiger charge is -2.14. The van der Waals surface area contributed by atoms with E-state index in [1.807, 2.05) is 13.0 Å². The van der Waals surface area contributed by atoms with E-state index in [1.165, 1.54) is 39.0 Å². The van der Waals surface area contributed by atoms with E-state index in [0.717, 1.165) is 17.9 Å². The molecule has 0 saturated heterocycles. The van der Waals surface area contributed by atoms with E-state index >= 15 is 0 Å². The fourth-order valence-electron chi connectivity index (χ4n) is 3.49. The summed E-state index contributed by atoms with van der Waals surface area (Å²) in [6.45, 7) is 6.42. The van der Waals surface area contributed by atoms with Crippen LogP contribution in [0, 0.1) is 20.8 Å². The molecule has 0 unspecified atom stereocenters. The van der Waals surface area contributed by atoms with E-state index in [0.29, 0.717) is 0 Å². The largest absolute Gasteiger partial charge is 0.462 e. The van der Waals surface area contributed by atoms with Gasteiger partial charge in [-0.15, -0.1) is 0 Å². The third kappa shape index (κ3) is 2.33. The molecule has 0 saturated carbocycles. The van der Waals surface area contributed by atoms with E-state index < -0.39 is 0 Å². The zero-order chi connectivity index (χ0) is 16.0. The standard InChI is InChI=1S/C22H20O/c1-14-11-18-12-19(21-10-9-15(2)23-21)13-20(18)22(16(14)3)17-7-5-4-6-8-17/h4-11,13H,12H2,1-3H3. The van der Waals surface area contributed by atoms with Gasteiger partial charge >= 0.3 is 0 Å². The van der Waals surface area contributed by atoms with Crippen LogP contribution in [0.3, 0.4) is 0 Å². The highest BCUT2D eigenvalue weighted by atomic mass is 16.3. The third-order valence-corrected chi connectivity index (χ3v) is 4.79. The summed E-state index contributed by atoms with van der Waals surface area (Å²) in [5.74, 6) is 1.96. The quantitative estimate of drug-likeness (QED) is 0.568. The molecule has 1 aromatic heterocycles. The molecule has 0 spiro atoms. The van der Waals surface area contributed by atoms with Crippen molar-refractivity contribution < 1.29 is 4.42 Å². The summed E-state index contributed by atoms with van der Waals surface area (Å²) in [6.07, 6.45) is 3.26. The maximum atomic E-state index is 5.84. The maximum absolute atomic E-state index is 5.84. The molecule has 0 aliphatic heterocycles.